The highest BCUT2D eigenvalue weighted by atomic mass is 32.2. The standard InChI is InChI=1S/C16H18N2OS/c1-11-4-3-5-13(8-11)20-10-12-6-7-15(19-2)14(9-12)16(17)18/h3-9H,10H2,1-2H3,(H3,17,18). The van der Waals surface area contributed by atoms with Gasteiger partial charge in [0.2, 0.25) is 0 Å². The van der Waals surface area contributed by atoms with Gasteiger partial charge < -0.3 is 10.5 Å². The third-order valence-corrected chi connectivity index (χ3v) is 4.01. The molecule has 0 saturated carbocycles. The first-order chi connectivity index (χ1) is 9.60. The van der Waals surface area contributed by atoms with Crippen LogP contribution in [0, 0.1) is 12.3 Å². The fourth-order valence-electron chi connectivity index (χ4n) is 1.93. The van der Waals surface area contributed by atoms with E-state index >= 15 is 0 Å². The van der Waals surface area contributed by atoms with Gasteiger partial charge in [-0.05, 0) is 36.8 Å². The molecule has 0 unspecified atom stereocenters. The number of benzene rings is 2. The van der Waals surface area contributed by atoms with Crippen molar-refractivity contribution in [2.75, 3.05) is 7.11 Å². The minimum Gasteiger partial charge on any atom is -0.496 e. The van der Waals surface area contributed by atoms with Crippen molar-refractivity contribution in [2.45, 2.75) is 17.6 Å². The number of nitrogens with two attached hydrogens (primary N) is 1. The largest absolute Gasteiger partial charge is 0.496 e. The summed E-state index contributed by atoms with van der Waals surface area (Å²) in [7, 11) is 1.59. The molecule has 0 aliphatic rings. The van der Waals surface area contributed by atoms with Crippen molar-refractivity contribution in [2.24, 2.45) is 5.73 Å². The van der Waals surface area contributed by atoms with Gasteiger partial charge in [0.05, 0.1) is 12.7 Å². The molecule has 20 heavy (non-hydrogen) atoms. The van der Waals surface area contributed by atoms with E-state index in [9.17, 15) is 0 Å². The Balaban J connectivity index is 2.14. The number of ether oxygens (including phenoxy) is 1. The molecule has 0 heterocycles. The van der Waals surface area contributed by atoms with Crippen molar-refractivity contribution in [3.8, 4) is 5.75 Å². The average Bonchev–Trinajstić information content (AvgIpc) is 2.45. The number of hydrogen-bond donors (Lipinski definition) is 2. The zero-order chi connectivity index (χ0) is 14.5. The normalized spacial score (nSPS) is 10.3. The van der Waals surface area contributed by atoms with Gasteiger partial charge in [0.1, 0.15) is 11.6 Å². The maximum atomic E-state index is 7.59. The highest BCUT2D eigenvalue weighted by Crippen LogP contribution is 2.26. The van der Waals surface area contributed by atoms with Crippen molar-refractivity contribution >= 4 is 17.6 Å². The lowest BCUT2D eigenvalue weighted by Crippen LogP contribution is -2.12. The van der Waals surface area contributed by atoms with Gasteiger partial charge in [-0.2, -0.15) is 0 Å². The molecule has 2 aromatic rings. The molecule has 2 aromatic carbocycles. The van der Waals surface area contributed by atoms with E-state index in [1.54, 1.807) is 18.9 Å². The van der Waals surface area contributed by atoms with Crippen LogP contribution in [0.3, 0.4) is 0 Å². The first-order valence-corrected chi connectivity index (χ1v) is 7.29. The van der Waals surface area contributed by atoms with Crippen LogP contribution in [0.15, 0.2) is 47.4 Å². The number of amidine groups is 1. The van der Waals surface area contributed by atoms with Gasteiger partial charge in [0.25, 0.3) is 0 Å². The maximum Gasteiger partial charge on any atom is 0.129 e. The molecule has 0 fully saturated rings. The van der Waals surface area contributed by atoms with Crippen molar-refractivity contribution < 1.29 is 4.74 Å². The topological polar surface area (TPSA) is 59.1 Å². The van der Waals surface area contributed by atoms with Crippen molar-refractivity contribution in [1.29, 1.82) is 5.41 Å². The highest BCUT2D eigenvalue weighted by Gasteiger charge is 2.07. The molecule has 2 rings (SSSR count). The van der Waals surface area contributed by atoms with Gasteiger partial charge in [0, 0.05) is 10.6 Å². The highest BCUT2D eigenvalue weighted by molar-refractivity contribution is 7.98. The smallest absolute Gasteiger partial charge is 0.129 e. The van der Waals surface area contributed by atoms with E-state index in [1.165, 1.54) is 10.5 Å². The molecule has 0 aliphatic heterocycles. The zero-order valence-corrected chi connectivity index (χ0v) is 12.5. The van der Waals surface area contributed by atoms with E-state index in [1.807, 2.05) is 18.2 Å². The first-order valence-electron chi connectivity index (χ1n) is 6.31. The van der Waals surface area contributed by atoms with E-state index in [2.05, 4.69) is 31.2 Å². The van der Waals surface area contributed by atoms with Crippen LogP contribution in [0.4, 0.5) is 0 Å². The number of rotatable bonds is 5. The number of thioether (sulfide) groups is 1. The second-order valence-electron chi connectivity index (χ2n) is 4.55. The lowest BCUT2D eigenvalue weighted by Gasteiger charge is -2.09. The monoisotopic (exact) mass is 286 g/mol. The van der Waals surface area contributed by atoms with Gasteiger partial charge in [-0.25, -0.2) is 0 Å². The predicted molar refractivity (Wildman–Crippen MR) is 84.8 cm³/mol. The van der Waals surface area contributed by atoms with Gasteiger partial charge in [-0.15, -0.1) is 11.8 Å². The Morgan fingerprint density at radius 3 is 2.70 bits per heavy atom. The molecule has 4 heteroatoms. The fraction of sp³-hybridized carbons (Fsp3) is 0.188. The molecular weight excluding hydrogens is 268 g/mol. The quantitative estimate of drug-likeness (QED) is 0.502. The molecule has 0 atom stereocenters. The Bertz CT molecular complexity index is 626. The Morgan fingerprint density at radius 2 is 2.05 bits per heavy atom. The minimum absolute atomic E-state index is 0.0317. The summed E-state index contributed by atoms with van der Waals surface area (Å²) in [5.41, 5.74) is 8.62. The van der Waals surface area contributed by atoms with Gasteiger partial charge in [-0.1, -0.05) is 23.8 Å². The number of hydrogen-bond acceptors (Lipinski definition) is 3. The Labute approximate surface area is 123 Å². The third-order valence-electron chi connectivity index (χ3n) is 2.95. The molecule has 0 amide bonds. The van der Waals surface area contributed by atoms with Gasteiger partial charge in [0.15, 0.2) is 0 Å². The molecule has 104 valence electrons. The van der Waals surface area contributed by atoms with Crippen LogP contribution in [-0.4, -0.2) is 12.9 Å². The summed E-state index contributed by atoms with van der Waals surface area (Å²) in [6, 6.07) is 14.2. The Kier molecular flexibility index (Phi) is 4.69. The van der Waals surface area contributed by atoms with E-state index in [0.717, 1.165) is 11.3 Å². The van der Waals surface area contributed by atoms with E-state index in [-0.39, 0.29) is 5.84 Å². The molecular formula is C16H18N2OS. The maximum absolute atomic E-state index is 7.59. The molecule has 0 bridgehead atoms. The zero-order valence-electron chi connectivity index (χ0n) is 11.6. The average molecular weight is 286 g/mol. The number of aryl methyl sites for hydroxylation is 1. The summed E-state index contributed by atoms with van der Waals surface area (Å²) in [6.45, 7) is 2.09. The minimum atomic E-state index is 0.0317. The van der Waals surface area contributed by atoms with Crippen molar-refractivity contribution in [1.82, 2.24) is 0 Å². The van der Waals surface area contributed by atoms with Crippen LogP contribution in [0.1, 0.15) is 16.7 Å². The SMILES string of the molecule is COc1ccc(CSc2cccc(C)c2)cc1C(=N)N. The molecule has 0 aliphatic carbocycles. The second-order valence-corrected chi connectivity index (χ2v) is 5.60. The summed E-state index contributed by atoms with van der Waals surface area (Å²) in [5.74, 6) is 1.51. The Morgan fingerprint density at radius 1 is 1.25 bits per heavy atom. The van der Waals surface area contributed by atoms with Crippen molar-refractivity contribution in [3.05, 3.63) is 59.2 Å². The van der Waals surface area contributed by atoms with Crippen LogP contribution in [0.25, 0.3) is 0 Å². The summed E-state index contributed by atoms with van der Waals surface area (Å²) < 4.78 is 5.21. The van der Waals surface area contributed by atoms with Crippen LogP contribution >= 0.6 is 11.8 Å². The molecule has 0 aromatic heterocycles. The summed E-state index contributed by atoms with van der Waals surface area (Å²) in [6.07, 6.45) is 0. The molecule has 3 N–H and O–H groups in total. The molecule has 0 spiro atoms. The van der Waals surface area contributed by atoms with E-state index in [0.29, 0.717) is 11.3 Å². The molecule has 3 nitrogen and oxygen atoms in total. The summed E-state index contributed by atoms with van der Waals surface area (Å²) in [5, 5.41) is 7.59. The molecule has 0 radical (unpaired) electrons. The van der Waals surface area contributed by atoms with Crippen LogP contribution in [-0.2, 0) is 5.75 Å². The third kappa shape index (κ3) is 3.54. The van der Waals surface area contributed by atoms with Gasteiger partial charge in [-0.3, -0.25) is 5.41 Å². The predicted octanol–water partition coefficient (Wildman–Crippen LogP) is 3.58. The number of nitrogens with one attached hydrogen (secondary N) is 1. The van der Waals surface area contributed by atoms with Crippen molar-refractivity contribution in [3.63, 3.8) is 0 Å². The number of nitrogen functional groups attached to an aromatic ring is 1. The first kappa shape index (κ1) is 14.5. The summed E-state index contributed by atoms with van der Waals surface area (Å²) >= 11 is 1.77. The van der Waals surface area contributed by atoms with Crippen LogP contribution < -0.4 is 10.5 Å². The second kappa shape index (κ2) is 6.48. The summed E-state index contributed by atoms with van der Waals surface area (Å²) in [4.78, 5) is 1.24. The fourth-order valence-corrected chi connectivity index (χ4v) is 2.88. The molecule has 0 saturated heterocycles. The lowest BCUT2D eigenvalue weighted by atomic mass is 10.1. The van der Waals surface area contributed by atoms with Crippen LogP contribution in [0.5, 0.6) is 5.75 Å². The van der Waals surface area contributed by atoms with Crippen LogP contribution in [0.2, 0.25) is 0 Å². The Hall–Kier alpha value is -1.94. The van der Waals surface area contributed by atoms with E-state index < -0.39 is 0 Å². The number of methoxy groups -OCH3 is 1. The van der Waals surface area contributed by atoms with E-state index in [4.69, 9.17) is 15.9 Å². The lowest BCUT2D eigenvalue weighted by molar-refractivity contribution is 0.413. The van der Waals surface area contributed by atoms with Gasteiger partial charge >= 0.3 is 0 Å².